The normalized spacial score (nSPS) is 16.5. The Balaban J connectivity index is 1.54. The summed E-state index contributed by atoms with van der Waals surface area (Å²) < 4.78 is 19.6. The fourth-order valence-electron chi connectivity index (χ4n) is 5.16. The maximum atomic E-state index is 14.0. The van der Waals surface area contributed by atoms with Crippen LogP contribution in [0.3, 0.4) is 0 Å². The zero-order valence-corrected chi connectivity index (χ0v) is 22.4. The van der Waals surface area contributed by atoms with Gasteiger partial charge < -0.3 is 19.4 Å². The van der Waals surface area contributed by atoms with Crippen LogP contribution in [0.5, 0.6) is 0 Å². The van der Waals surface area contributed by atoms with Crippen molar-refractivity contribution in [2.45, 2.75) is 51.2 Å². The van der Waals surface area contributed by atoms with E-state index in [1.807, 2.05) is 42.2 Å². The first kappa shape index (κ1) is 27.9. The van der Waals surface area contributed by atoms with Crippen LogP contribution in [0.25, 0.3) is 0 Å². The molecule has 1 aliphatic heterocycles. The summed E-state index contributed by atoms with van der Waals surface area (Å²) in [6.45, 7) is 12.5. The summed E-state index contributed by atoms with van der Waals surface area (Å²) in [5.41, 5.74) is 3.07. The Hall–Kier alpha value is -2.70. The number of carbonyl (C=O) groups excluding carboxylic acids is 1. The van der Waals surface area contributed by atoms with Gasteiger partial charge in [0.2, 0.25) is 0 Å². The van der Waals surface area contributed by atoms with Crippen LogP contribution >= 0.6 is 0 Å². The Morgan fingerprint density at radius 3 is 2.50 bits per heavy atom. The molecule has 0 aromatic heterocycles. The zero-order valence-electron chi connectivity index (χ0n) is 22.4. The van der Waals surface area contributed by atoms with Gasteiger partial charge in [0.05, 0.1) is 0 Å². The van der Waals surface area contributed by atoms with Crippen molar-refractivity contribution in [3.8, 4) is 0 Å². The van der Waals surface area contributed by atoms with E-state index in [4.69, 9.17) is 4.74 Å². The number of likely N-dealkylation sites (tertiary alicyclic amines) is 1. The minimum atomic E-state index is -0.279. The largest absolute Gasteiger partial charge is 0.445 e. The molecule has 1 saturated heterocycles. The summed E-state index contributed by atoms with van der Waals surface area (Å²) in [5, 5.41) is 0. The lowest BCUT2D eigenvalue weighted by Crippen LogP contribution is -2.48. The minimum absolute atomic E-state index is 0.140. The van der Waals surface area contributed by atoms with Gasteiger partial charge in [-0.15, -0.1) is 6.58 Å². The van der Waals surface area contributed by atoms with E-state index in [1.54, 1.807) is 18.2 Å². The molecule has 3 rings (SSSR count). The number of hydrogen-bond donors (Lipinski definition) is 0. The third-order valence-corrected chi connectivity index (χ3v) is 7.21. The molecule has 1 aliphatic rings. The van der Waals surface area contributed by atoms with Crippen molar-refractivity contribution in [2.24, 2.45) is 0 Å². The second-order valence-corrected chi connectivity index (χ2v) is 10.6. The van der Waals surface area contributed by atoms with E-state index in [0.29, 0.717) is 6.54 Å². The van der Waals surface area contributed by atoms with Crippen molar-refractivity contribution in [2.75, 3.05) is 46.8 Å². The maximum absolute atomic E-state index is 14.0. The number of piperidine rings is 1. The molecule has 0 spiro atoms. The topological polar surface area (TPSA) is 36.0 Å². The van der Waals surface area contributed by atoms with E-state index < -0.39 is 0 Å². The Morgan fingerprint density at radius 1 is 1.19 bits per heavy atom. The summed E-state index contributed by atoms with van der Waals surface area (Å²) in [4.78, 5) is 19.4. The van der Waals surface area contributed by atoms with Gasteiger partial charge in [-0.25, -0.2) is 9.18 Å². The molecule has 6 heteroatoms. The van der Waals surface area contributed by atoms with E-state index >= 15 is 0 Å². The van der Waals surface area contributed by atoms with Gasteiger partial charge in [-0.05, 0) is 70.1 Å². The van der Waals surface area contributed by atoms with Crippen LogP contribution in [0.4, 0.5) is 9.18 Å². The van der Waals surface area contributed by atoms with Gasteiger partial charge in [0.1, 0.15) is 12.4 Å². The molecule has 1 atom stereocenters. The van der Waals surface area contributed by atoms with Gasteiger partial charge in [-0.3, -0.25) is 0 Å². The van der Waals surface area contributed by atoms with Crippen LogP contribution in [-0.2, 0) is 16.8 Å². The van der Waals surface area contributed by atoms with Crippen LogP contribution in [0.1, 0.15) is 42.9 Å². The van der Waals surface area contributed by atoms with E-state index in [0.717, 1.165) is 56.6 Å². The van der Waals surface area contributed by atoms with E-state index in [1.165, 1.54) is 11.6 Å². The molecule has 5 nitrogen and oxygen atoms in total. The van der Waals surface area contributed by atoms with Crippen molar-refractivity contribution >= 4 is 6.09 Å². The molecule has 2 aromatic rings. The van der Waals surface area contributed by atoms with Gasteiger partial charge in [0, 0.05) is 37.6 Å². The second-order valence-electron chi connectivity index (χ2n) is 10.6. The van der Waals surface area contributed by atoms with Crippen LogP contribution < -0.4 is 0 Å². The fourth-order valence-corrected chi connectivity index (χ4v) is 5.16. The highest BCUT2D eigenvalue weighted by molar-refractivity contribution is 5.68. The Morgan fingerprint density at radius 2 is 1.89 bits per heavy atom. The lowest BCUT2D eigenvalue weighted by molar-refractivity contribution is 0.0645. The molecular weight excluding hydrogens is 453 g/mol. The van der Waals surface area contributed by atoms with Gasteiger partial charge in [0.25, 0.3) is 0 Å². The first-order valence-electron chi connectivity index (χ1n) is 12.9. The number of carbonyl (C=O) groups is 1. The number of amides is 1. The monoisotopic (exact) mass is 495 g/mol. The van der Waals surface area contributed by atoms with Crippen LogP contribution in [-0.4, -0.2) is 73.7 Å². The minimum Gasteiger partial charge on any atom is -0.445 e. The predicted octanol–water partition coefficient (Wildman–Crippen LogP) is 5.63. The average Bonchev–Trinajstić information content (AvgIpc) is 2.85. The van der Waals surface area contributed by atoms with Crippen LogP contribution in [0.15, 0.2) is 61.2 Å². The number of halogens is 1. The number of hydrogen-bond acceptors (Lipinski definition) is 4. The third kappa shape index (κ3) is 7.90. The standard InChI is InChI=1S/C30H42FN3O2/c1-6-17-34(29(35)36-22-25-12-10-24(2)11-13-25)28-14-18-33(19-15-28)20-16-30(3,23-32(4)5)26-8-7-9-27(31)21-26/h6-13,21,28H,1,14-20,22-23H2,2-5H3. The van der Waals surface area contributed by atoms with E-state index in [9.17, 15) is 9.18 Å². The Labute approximate surface area is 216 Å². The van der Waals surface area contributed by atoms with Gasteiger partial charge in [0.15, 0.2) is 0 Å². The summed E-state index contributed by atoms with van der Waals surface area (Å²) in [6.07, 6.45) is 4.23. The molecule has 0 aliphatic carbocycles. The zero-order chi connectivity index (χ0) is 26.1. The summed E-state index contributed by atoms with van der Waals surface area (Å²) in [7, 11) is 4.13. The number of aryl methyl sites for hydroxylation is 1. The lowest BCUT2D eigenvalue weighted by atomic mass is 9.78. The van der Waals surface area contributed by atoms with Crippen molar-refractivity contribution in [1.29, 1.82) is 0 Å². The highest BCUT2D eigenvalue weighted by Gasteiger charge is 2.31. The van der Waals surface area contributed by atoms with Gasteiger partial charge in [-0.1, -0.05) is 55.0 Å². The summed E-state index contributed by atoms with van der Waals surface area (Å²) in [5.74, 6) is -0.185. The Bertz CT molecular complexity index is 986. The second kappa shape index (κ2) is 13.0. The molecule has 0 radical (unpaired) electrons. The van der Waals surface area contributed by atoms with Crippen molar-refractivity contribution in [3.63, 3.8) is 0 Å². The lowest BCUT2D eigenvalue weighted by Gasteiger charge is -2.40. The first-order valence-corrected chi connectivity index (χ1v) is 12.9. The molecule has 2 aromatic carbocycles. The average molecular weight is 496 g/mol. The van der Waals surface area contributed by atoms with Crippen molar-refractivity contribution < 1.29 is 13.9 Å². The van der Waals surface area contributed by atoms with Crippen molar-refractivity contribution in [3.05, 3.63) is 83.7 Å². The molecule has 36 heavy (non-hydrogen) atoms. The highest BCUT2D eigenvalue weighted by atomic mass is 19.1. The highest BCUT2D eigenvalue weighted by Crippen LogP contribution is 2.30. The summed E-state index contributed by atoms with van der Waals surface area (Å²) >= 11 is 0. The van der Waals surface area contributed by atoms with Crippen LogP contribution in [0, 0.1) is 12.7 Å². The van der Waals surface area contributed by atoms with E-state index in [2.05, 4.69) is 37.4 Å². The SMILES string of the molecule is C=CCN(C(=O)OCc1ccc(C)cc1)C1CCN(CCC(C)(CN(C)C)c2cccc(F)c2)CC1. The van der Waals surface area contributed by atoms with Crippen LogP contribution in [0.2, 0.25) is 0 Å². The van der Waals surface area contributed by atoms with Gasteiger partial charge in [-0.2, -0.15) is 0 Å². The number of likely N-dealkylation sites (N-methyl/N-ethyl adjacent to an activating group) is 1. The fraction of sp³-hybridized carbons (Fsp3) is 0.500. The molecular formula is C30H42FN3O2. The summed E-state index contributed by atoms with van der Waals surface area (Å²) in [6, 6.07) is 15.2. The van der Waals surface area contributed by atoms with E-state index in [-0.39, 0.29) is 30.0 Å². The molecule has 0 bridgehead atoms. The number of rotatable bonds is 11. The number of benzene rings is 2. The molecule has 0 saturated carbocycles. The predicted molar refractivity (Wildman–Crippen MR) is 145 cm³/mol. The Kier molecular flexibility index (Phi) is 10.1. The number of nitrogens with zero attached hydrogens (tertiary/aromatic N) is 3. The van der Waals surface area contributed by atoms with Gasteiger partial charge >= 0.3 is 6.09 Å². The molecule has 1 amide bonds. The number of ether oxygens (including phenoxy) is 1. The van der Waals surface area contributed by atoms with Crippen molar-refractivity contribution in [1.82, 2.24) is 14.7 Å². The smallest absolute Gasteiger partial charge is 0.410 e. The molecule has 0 N–H and O–H groups in total. The third-order valence-electron chi connectivity index (χ3n) is 7.21. The first-order chi connectivity index (χ1) is 17.2. The molecule has 1 heterocycles. The molecule has 1 unspecified atom stereocenters. The molecule has 196 valence electrons. The maximum Gasteiger partial charge on any atom is 0.410 e. The molecule has 1 fully saturated rings. The quantitative estimate of drug-likeness (QED) is 0.379.